The number of hydrogen-bond acceptors (Lipinski definition) is 12. The lowest BCUT2D eigenvalue weighted by molar-refractivity contribution is 0.103. The molecule has 6 nitrogen and oxygen atoms in total. The topological polar surface area (TPSA) is 129 Å². The summed E-state index contributed by atoms with van der Waals surface area (Å²) in [5.41, 5.74) is 16.4. The highest BCUT2D eigenvalue weighted by atomic mass is 35.5. The van der Waals surface area contributed by atoms with Gasteiger partial charge in [0.25, 0.3) is 0 Å². The average Bonchev–Trinajstić information content (AvgIpc) is 1.48. The van der Waals surface area contributed by atoms with Crippen LogP contribution >= 0.6 is 91.2 Å². The summed E-state index contributed by atoms with van der Waals surface area (Å²) < 4.78 is 7.03. The molecule has 0 fully saturated rings. The zero-order valence-electron chi connectivity index (χ0n) is 61.0. The van der Waals surface area contributed by atoms with Crippen LogP contribution < -0.4 is 0 Å². The molecule has 0 unspecified atom stereocenters. The predicted octanol–water partition coefficient (Wildman–Crippen LogP) is 28.2. The van der Waals surface area contributed by atoms with Gasteiger partial charge in [0.1, 0.15) is 35.4 Å². The summed E-state index contributed by atoms with van der Waals surface area (Å²) in [6, 6.07) is 61.7. The molecule has 14 heteroatoms. The second-order valence-electron chi connectivity index (χ2n) is 29.2. The van der Waals surface area contributed by atoms with E-state index in [-0.39, 0.29) is 22.7 Å². The standard InChI is InChI=1S/C94H78Cl2N4O2S6/c1-5-9-13-17-21-55-25-33-61(34-26-55)93(62-35-27-56(28-36-62)22-18-14-10-6-2)79-85-75(49-67(103-85)47-73-77(59(51-97)52-98)69-43-41-65(95)45-71(69)83(73)101)105-87(79)89-81(93)91-92(107-89)82-90(108-91)88-80(86-76(106-88)50-68(104-86)48-74-78(60(53-99)54-100)70-44-42-66(96)46-72(70)84(74)102)94(82,63-37-29-57(30-38-63)23-19-15-11-7-3)64-39-31-58(32-40-64)24-20-16-12-8-4/h25-50H,5-24H2,1-4H3/b73-47-,74-48-. The molecule has 536 valence electrons. The van der Waals surface area contributed by atoms with Crippen molar-refractivity contribution < 1.29 is 9.59 Å². The van der Waals surface area contributed by atoms with Gasteiger partial charge in [-0.3, -0.25) is 9.59 Å². The molecule has 16 rings (SSSR count). The first-order chi connectivity index (χ1) is 52.8. The molecular weight excluding hydrogens is 1480 g/mol. The van der Waals surface area contributed by atoms with Crippen molar-refractivity contribution in [3.05, 3.63) is 277 Å². The molecule has 6 heterocycles. The van der Waals surface area contributed by atoms with Crippen molar-refractivity contribution >= 4 is 154 Å². The lowest BCUT2D eigenvalue weighted by Crippen LogP contribution is -2.29. The number of carbonyl (C=O) groups excluding carboxylic acids is 2. The van der Waals surface area contributed by atoms with E-state index in [0.29, 0.717) is 54.6 Å². The second-order valence-corrected chi connectivity index (χ2v) is 36.4. The number of ketones is 2. The zero-order chi connectivity index (χ0) is 74.5. The minimum Gasteiger partial charge on any atom is -0.289 e. The molecule has 0 spiro atoms. The maximum absolute atomic E-state index is 14.7. The molecular formula is C94H78Cl2N4O2S6. The SMILES string of the molecule is CCCCCCc1ccc(C2(c3ccc(CCCCCC)cc3)c3c(sc4cc(/C=C5\C(=O)c6cc(Cl)ccc6C5=C(C#N)C#N)sc34)-c3sc4c5c(sc4c32)-c2sc3cc(/C=C4\C(=O)c6cc(Cl)ccc6C4=C(C#N)C#N)sc3c2C5(c2ccc(CCCCCC)cc2)c2ccc(CCCCCC)cc2)cc1. The molecule has 0 radical (unpaired) electrons. The van der Waals surface area contributed by atoms with Gasteiger partial charge in [0.15, 0.2) is 11.6 Å². The zero-order valence-corrected chi connectivity index (χ0v) is 67.4. The fraction of sp³-hybridized carbons (Fsp3) is 0.277. The second kappa shape index (κ2) is 30.9. The normalized spacial score (nSPS) is 14.9. The van der Waals surface area contributed by atoms with Crippen LogP contribution in [-0.2, 0) is 36.5 Å². The summed E-state index contributed by atoms with van der Waals surface area (Å²) in [6.07, 6.45) is 26.6. The van der Waals surface area contributed by atoms with Gasteiger partial charge in [0, 0.05) is 84.9 Å². The van der Waals surface area contributed by atoms with Crippen molar-refractivity contribution in [1.82, 2.24) is 0 Å². The van der Waals surface area contributed by atoms with Crippen molar-refractivity contribution in [2.75, 3.05) is 0 Å². The van der Waals surface area contributed by atoms with Crippen LogP contribution in [0.5, 0.6) is 0 Å². The van der Waals surface area contributed by atoms with E-state index in [2.05, 4.69) is 161 Å². The molecule has 0 bridgehead atoms. The number of carbonyl (C=O) groups is 2. The lowest BCUT2D eigenvalue weighted by atomic mass is 9.67. The maximum atomic E-state index is 14.7. The Morgan fingerprint density at radius 1 is 0.352 bits per heavy atom. The van der Waals surface area contributed by atoms with Gasteiger partial charge in [-0.1, -0.05) is 237 Å². The number of Topliss-reactive ketones (excluding diaryl/α,β-unsaturated/α-hetero) is 2. The summed E-state index contributed by atoms with van der Waals surface area (Å²) in [7, 11) is 0. The Morgan fingerprint density at radius 3 is 0.944 bits per heavy atom. The van der Waals surface area contributed by atoms with Gasteiger partial charge in [-0.05, 0) is 156 Å². The molecule has 108 heavy (non-hydrogen) atoms. The Hall–Kier alpha value is -8.86. The third kappa shape index (κ3) is 12.4. The summed E-state index contributed by atoms with van der Waals surface area (Å²) in [6.45, 7) is 9.07. The molecule has 4 aliphatic rings. The van der Waals surface area contributed by atoms with E-state index in [9.17, 15) is 30.6 Å². The van der Waals surface area contributed by atoms with Crippen molar-refractivity contribution in [2.45, 2.75) is 167 Å². The first-order valence-electron chi connectivity index (χ1n) is 38.2. The monoisotopic (exact) mass is 1560 g/mol. The minimum atomic E-state index is -0.831. The van der Waals surface area contributed by atoms with E-state index in [1.165, 1.54) is 173 Å². The number of allylic oxidation sites excluding steroid dienone is 6. The fourth-order valence-corrected chi connectivity index (χ4v) is 26.5. The molecule has 12 aromatic rings. The Kier molecular flexibility index (Phi) is 21.0. The molecule has 0 saturated heterocycles. The van der Waals surface area contributed by atoms with Crippen molar-refractivity contribution in [1.29, 1.82) is 21.0 Å². The number of fused-ring (bicyclic) bond motifs is 15. The number of aryl methyl sites for hydroxylation is 4. The van der Waals surface area contributed by atoms with E-state index in [1.807, 2.05) is 57.5 Å². The van der Waals surface area contributed by atoms with Crippen LogP contribution in [0.25, 0.3) is 71.0 Å². The maximum Gasteiger partial charge on any atom is 0.194 e. The van der Waals surface area contributed by atoms with E-state index >= 15 is 0 Å². The molecule has 4 aliphatic carbocycles. The Morgan fingerprint density at radius 2 is 0.648 bits per heavy atom. The van der Waals surface area contributed by atoms with Gasteiger partial charge < -0.3 is 0 Å². The van der Waals surface area contributed by atoms with Gasteiger partial charge in [-0.2, -0.15) is 21.0 Å². The van der Waals surface area contributed by atoms with Crippen LogP contribution in [-0.4, -0.2) is 11.6 Å². The highest BCUT2D eigenvalue weighted by Crippen LogP contribution is 2.72. The third-order valence-electron chi connectivity index (χ3n) is 22.6. The molecule has 6 aromatic heterocycles. The fourth-order valence-electron chi connectivity index (χ4n) is 17.4. The smallest absolute Gasteiger partial charge is 0.194 e. The first kappa shape index (κ1) is 73.3. The van der Waals surface area contributed by atoms with Crippen molar-refractivity contribution in [2.24, 2.45) is 0 Å². The average molecular weight is 1560 g/mol. The number of halogens is 2. The molecule has 6 aromatic carbocycles. The molecule has 0 N–H and O–H groups in total. The quantitative estimate of drug-likeness (QED) is 0.0302. The highest BCUT2D eigenvalue weighted by molar-refractivity contribution is 7.37. The Balaban J connectivity index is 0.970. The van der Waals surface area contributed by atoms with Crippen LogP contribution in [0, 0.1) is 45.3 Å². The van der Waals surface area contributed by atoms with E-state index in [0.717, 1.165) is 79.9 Å². The summed E-state index contributed by atoms with van der Waals surface area (Å²) in [5, 5.41) is 42.7. The van der Waals surface area contributed by atoms with Gasteiger partial charge in [0.05, 0.1) is 49.1 Å². The molecule has 0 amide bonds. The summed E-state index contributed by atoms with van der Waals surface area (Å²) in [5.74, 6) is -0.533. The number of nitriles is 4. The lowest BCUT2D eigenvalue weighted by Gasteiger charge is -2.34. The van der Waals surface area contributed by atoms with E-state index < -0.39 is 10.8 Å². The number of rotatable bonds is 26. The Bertz CT molecular complexity index is 5420. The van der Waals surface area contributed by atoms with Gasteiger partial charge in [-0.15, -0.1) is 68.0 Å². The number of nitrogens with zero attached hydrogens (tertiary/aromatic N) is 4. The minimum absolute atomic E-state index is 0.117. The first-order valence-corrected chi connectivity index (χ1v) is 43.8. The number of thiophene rings is 6. The van der Waals surface area contributed by atoms with Crippen LogP contribution in [0.15, 0.2) is 168 Å². The molecule has 0 atom stereocenters. The van der Waals surface area contributed by atoms with Crippen LogP contribution in [0.2, 0.25) is 10.0 Å². The highest BCUT2D eigenvalue weighted by Gasteiger charge is 2.57. The summed E-state index contributed by atoms with van der Waals surface area (Å²) >= 11 is 24.0. The summed E-state index contributed by atoms with van der Waals surface area (Å²) in [4.78, 5) is 36.2. The number of hydrogen-bond donors (Lipinski definition) is 0. The molecule has 0 saturated carbocycles. The predicted molar refractivity (Wildman–Crippen MR) is 456 cm³/mol. The third-order valence-corrected chi connectivity index (χ3v) is 30.6. The van der Waals surface area contributed by atoms with Crippen LogP contribution in [0.3, 0.4) is 0 Å². The van der Waals surface area contributed by atoms with Gasteiger partial charge in [-0.25, -0.2) is 0 Å². The van der Waals surface area contributed by atoms with Gasteiger partial charge >= 0.3 is 0 Å². The van der Waals surface area contributed by atoms with Crippen LogP contribution in [0.1, 0.15) is 239 Å². The van der Waals surface area contributed by atoms with Crippen molar-refractivity contribution in [3.63, 3.8) is 0 Å². The molecule has 0 aliphatic heterocycles. The Labute approximate surface area is 666 Å². The van der Waals surface area contributed by atoms with Crippen LogP contribution in [0.4, 0.5) is 0 Å². The largest absolute Gasteiger partial charge is 0.289 e. The van der Waals surface area contributed by atoms with Crippen molar-refractivity contribution in [3.8, 4) is 43.8 Å². The van der Waals surface area contributed by atoms with E-state index in [1.54, 1.807) is 59.1 Å². The van der Waals surface area contributed by atoms with E-state index in [4.69, 9.17) is 23.2 Å². The number of unbranched alkanes of at least 4 members (excludes halogenated alkanes) is 12. The van der Waals surface area contributed by atoms with Gasteiger partial charge in [0.2, 0.25) is 0 Å². The number of benzene rings is 6.